The Kier molecular flexibility index (Phi) is 3.19. The van der Waals surface area contributed by atoms with E-state index in [0.29, 0.717) is 0 Å². The molecule has 2 heterocycles. The van der Waals surface area contributed by atoms with Crippen molar-refractivity contribution in [2.75, 3.05) is 6.61 Å². The Morgan fingerprint density at radius 2 is 2.41 bits per heavy atom. The molecule has 2 fully saturated rings. The average molecular weight is 252 g/mol. The highest BCUT2D eigenvalue weighted by Gasteiger charge is 2.33. The molecule has 3 rings (SSSR count). The first-order chi connectivity index (χ1) is 8.26. The lowest BCUT2D eigenvalue weighted by atomic mass is 9.97. The van der Waals surface area contributed by atoms with Gasteiger partial charge in [-0.25, -0.2) is 4.98 Å². The van der Waals surface area contributed by atoms with Crippen LogP contribution in [-0.2, 0) is 16.9 Å². The van der Waals surface area contributed by atoms with Crippen LogP contribution in [0.25, 0.3) is 0 Å². The molecule has 1 saturated heterocycles. The summed E-state index contributed by atoms with van der Waals surface area (Å²) in [7, 11) is 0. The molecule has 17 heavy (non-hydrogen) atoms. The van der Waals surface area contributed by atoms with Crippen molar-refractivity contribution in [2.45, 2.75) is 57.2 Å². The van der Waals surface area contributed by atoms with Crippen molar-refractivity contribution in [3.63, 3.8) is 0 Å². The molecule has 1 atom stereocenters. The summed E-state index contributed by atoms with van der Waals surface area (Å²) in [6, 6.07) is 0.766. The zero-order valence-electron chi connectivity index (χ0n) is 10.4. The topological polar surface area (TPSA) is 34.2 Å². The predicted molar refractivity (Wildman–Crippen MR) is 69.1 cm³/mol. The molecular formula is C13H20N2OS. The van der Waals surface area contributed by atoms with Crippen LogP contribution in [0.3, 0.4) is 0 Å². The zero-order chi connectivity index (χ0) is 11.7. The molecule has 1 N–H and O–H groups in total. The summed E-state index contributed by atoms with van der Waals surface area (Å²) >= 11 is 1.81. The highest BCUT2D eigenvalue weighted by Crippen LogP contribution is 2.36. The van der Waals surface area contributed by atoms with Gasteiger partial charge in [0.25, 0.3) is 0 Å². The molecule has 4 heteroatoms. The number of hydrogen-bond donors (Lipinski definition) is 1. The minimum absolute atomic E-state index is 0.124. The number of nitrogens with zero attached hydrogens (tertiary/aromatic N) is 1. The second-order valence-corrected chi connectivity index (χ2v) is 6.44. The Balaban J connectivity index is 1.65. The van der Waals surface area contributed by atoms with Gasteiger partial charge < -0.3 is 10.1 Å². The van der Waals surface area contributed by atoms with Crippen LogP contribution in [0.15, 0.2) is 6.20 Å². The molecule has 0 spiro atoms. The van der Waals surface area contributed by atoms with Gasteiger partial charge in [0.15, 0.2) is 0 Å². The number of ether oxygens (including phenoxy) is 1. The van der Waals surface area contributed by atoms with Gasteiger partial charge in [0.2, 0.25) is 0 Å². The lowest BCUT2D eigenvalue weighted by Gasteiger charge is -2.31. The van der Waals surface area contributed by atoms with Crippen LogP contribution in [-0.4, -0.2) is 17.6 Å². The highest BCUT2D eigenvalue weighted by atomic mass is 32.1. The number of hydrogen-bond acceptors (Lipinski definition) is 4. The third-order valence-corrected chi connectivity index (χ3v) is 4.86. The minimum atomic E-state index is -0.124. The summed E-state index contributed by atoms with van der Waals surface area (Å²) < 4.78 is 5.93. The van der Waals surface area contributed by atoms with E-state index in [1.165, 1.54) is 30.6 Å². The summed E-state index contributed by atoms with van der Waals surface area (Å²) in [5, 5.41) is 4.69. The van der Waals surface area contributed by atoms with Gasteiger partial charge >= 0.3 is 0 Å². The Hall–Kier alpha value is -0.450. The molecule has 0 bridgehead atoms. The van der Waals surface area contributed by atoms with Gasteiger partial charge in [0.05, 0.1) is 0 Å². The third kappa shape index (κ3) is 2.69. The molecular weight excluding hydrogens is 232 g/mol. The van der Waals surface area contributed by atoms with Crippen molar-refractivity contribution >= 4 is 11.3 Å². The van der Waals surface area contributed by atoms with Crippen molar-refractivity contribution < 1.29 is 4.74 Å². The van der Waals surface area contributed by atoms with Gasteiger partial charge in [-0.15, -0.1) is 11.3 Å². The fraction of sp³-hybridized carbons (Fsp3) is 0.769. The first kappa shape index (κ1) is 11.6. The predicted octanol–water partition coefficient (Wildman–Crippen LogP) is 2.81. The van der Waals surface area contributed by atoms with Gasteiger partial charge in [-0.3, -0.25) is 0 Å². The van der Waals surface area contributed by atoms with Crippen LogP contribution in [0.4, 0.5) is 0 Å². The number of aromatic nitrogens is 1. The van der Waals surface area contributed by atoms with Gasteiger partial charge in [-0.05, 0) is 39.0 Å². The van der Waals surface area contributed by atoms with E-state index in [9.17, 15) is 0 Å². The summed E-state index contributed by atoms with van der Waals surface area (Å²) in [5.41, 5.74) is -0.124. The molecule has 1 aromatic heterocycles. The first-order valence-electron chi connectivity index (χ1n) is 6.59. The van der Waals surface area contributed by atoms with Crippen molar-refractivity contribution in [1.29, 1.82) is 0 Å². The zero-order valence-corrected chi connectivity index (χ0v) is 11.2. The van der Waals surface area contributed by atoms with Crippen LogP contribution in [0.1, 0.15) is 48.9 Å². The largest absolute Gasteiger partial charge is 0.368 e. The van der Waals surface area contributed by atoms with E-state index in [-0.39, 0.29) is 5.60 Å². The molecule has 1 unspecified atom stereocenters. The molecule has 94 valence electrons. The number of rotatable bonds is 4. The maximum absolute atomic E-state index is 5.93. The van der Waals surface area contributed by atoms with E-state index in [2.05, 4.69) is 17.2 Å². The van der Waals surface area contributed by atoms with E-state index >= 15 is 0 Å². The Morgan fingerprint density at radius 1 is 1.53 bits per heavy atom. The third-order valence-electron chi connectivity index (χ3n) is 3.62. The molecule has 0 amide bonds. The minimum Gasteiger partial charge on any atom is -0.368 e. The van der Waals surface area contributed by atoms with Crippen LogP contribution in [0.5, 0.6) is 0 Å². The Bertz CT molecular complexity index is 381. The van der Waals surface area contributed by atoms with Crippen LogP contribution >= 0.6 is 11.3 Å². The van der Waals surface area contributed by atoms with Crippen LogP contribution in [0, 0.1) is 0 Å². The second kappa shape index (κ2) is 4.67. The molecule has 0 aromatic carbocycles. The van der Waals surface area contributed by atoms with Crippen molar-refractivity contribution in [3.05, 3.63) is 16.1 Å². The standard InChI is InChI=1S/C13H20N2OS/c1-13(6-2-3-7-16-13)12-15-9-11(17-12)8-14-10-4-5-10/h9-10,14H,2-8H2,1H3. The van der Waals surface area contributed by atoms with E-state index in [1.54, 1.807) is 0 Å². The first-order valence-corrected chi connectivity index (χ1v) is 7.40. The summed E-state index contributed by atoms with van der Waals surface area (Å²) in [6.45, 7) is 4.03. The smallest absolute Gasteiger partial charge is 0.125 e. The number of thiazole rings is 1. The molecule has 1 aliphatic carbocycles. The lowest BCUT2D eigenvalue weighted by Crippen LogP contribution is -2.29. The Labute approximate surface area is 107 Å². The van der Waals surface area contributed by atoms with E-state index in [4.69, 9.17) is 4.74 Å². The second-order valence-electron chi connectivity index (χ2n) is 5.32. The van der Waals surface area contributed by atoms with Gasteiger partial charge in [-0.2, -0.15) is 0 Å². The van der Waals surface area contributed by atoms with Crippen LogP contribution in [0.2, 0.25) is 0 Å². The quantitative estimate of drug-likeness (QED) is 0.894. The molecule has 1 saturated carbocycles. The summed E-state index contributed by atoms with van der Waals surface area (Å²) in [6.07, 6.45) is 8.25. The van der Waals surface area contributed by atoms with Crippen molar-refractivity contribution in [2.24, 2.45) is 0 Å². The summed E-state index contributed by atoms with van der Waals surface area (Å²) in [5.74, 6) is 0. The summed E-state index contributed by atoms with van der Waals surface area (Å²) in [4.78, 5) is 5.90. The van der Waals surface area contributed by atoms with Gasteiger partial charge in [0, 0.05) is 30.3 Å². The average Bonchev–Trinajstić information content (AvgIpc) is 3.04. The highest BCUT2D eigenvalue weighted by molar-refractivity contribution is 7.11. The van der Waals surface area contributed by atoms with Crippen LogP contribution < -0.4 is 5.32 Å². The molecule has 3 nitrogen and oxygen atoms in total. The molecule has 1 aromatic rings. The van der Waals surface area contributed by atoms with Gasteiger partial charge in [0.1, 0.15) is 10.6 Å². The van der Waals surface area contributed by atoms with E-state index < -0.39 is 0 Å². The van der Waals surface area contributed by atoms with E-state index in [1.807, 2.05) is 17.5 Å². The maximum Gasteiger partial charge on any atom is 0.125 e. The SMILES string of the molecule is CC1(c2ncc(CNC3CC3)s2)CCCCO1. The van der Waals surface area contributed by atoms with Gasteiger partial charge in [-0.1, -0.05) is 0 Å². The molecule has 0 radical (unpaired) electrons. The molecule has 1 aliphatic heterocycles. The van der Waals surface area contributed by atoms with E-state index in [0.717, 1.165) is 30.6 Å². The fourth-order valence-corrected chi connectivity index (χ4v) is 3.26. The molecule has 2 aliphatic rings. The lowest BCUT2D eigenvalue weighted by molar-refractivity contribution is -0.0702. The normalized spacial score (nSPS) is 29.5. The maximum atomic E-state index is 5.93. The monoisotopic (exact) mass is 252 g/mol. The van der Waals surface area contributed by atoms with Crippen molar-refractivity contribution in [3.8, 4) is 0 Å². The van der Waals surface area contributed by atoms with Crippen molar-refractivity contribution in [1.82, 2.24) is 10.3 Å². The Morgan fingerprint density at radius 3 is 3.12 bits per heavy atom. The fourth-order valence-electron chi connectivity index (χ4n) is 2.27. The number of nitrogens with one attached hydrogen (secondary N) is 1.